The molecule has 2 aromatic carbocycles. The normalized spacial score (nSPS) is 23.4. The first-order valence-corrected chi connectivity index (χ1v) is 10.4. The third-order valence-electron chi connectivity index (χ3n) is 6.14. The van der Waals surface area contributed by atoms with Crippen LogP contribution in [0.1, 0.15) is 30.5 Å². The predicted molar refractivity (Wildman–Crippen MR) is 113 cm³/mol. The average Bonchev–Trinajstić information content (AvgIpc) is 3.13. The van der Waals surface area contributed by atoms with E-state index < -0.39 is 5.54 Å². The Balaban J connectivity index is 1.56. The van der Waals surface area contributed by atoms with Crippen molar-refractivity contribution in [2.75, 3.05) is 20.2 Å². The number of rotatable bonds is 5. The molecule has 0 bridgehead atoms. The van der Waals surface area contributed by atoms with Gasteiger partial charge in [0.05, 0.1) is 19.3 Å². The van der Waals surface area contributed by atoms with Gasteiger partial charge in [0, 0.05) is 32.5 Å². The molecule has 1 fully saturated rings. The minimum atomic E-state index is -0.553. The number of nitrogens with one attached hydrogen (secondary N) is 1. The molecule has 2 aliphatic rings. The molecule has 1 N–H and O–H groups in total. The van der Waals surface area contributed by atoms with Gasteiger partial charge in [-0.15, -0.1) is 0 Å². The van der Waals surface area contributed by atoms with Crippen molar-refractivity contribution >= 4 is 5.91 Å². The van der Waals surface area contributed by atoms with E-state index in [9.17, 15) is 4.79 Å². The van der Waals surface area contributed by atoms with Crippen LogP contribution in [0.2, 0.25) is 0 Å². The van der Waals surface area contributed by atoms with Gasteiger partial charge in [0.2, 0.25) is 5.91 Å². The first-order valence-electron chi connectivity index (χ1n) is 10.4. The topological polar surface area (TPSA) is 50.8 Å². The van der Waals surface area contributed by atoms with E-state index in [-0.39, 0.29) is 18.1 Å². The second-order valence-electron chi connectivity index (χ2n) is 8.35. The molecule has 1 aliphatic carbocycles. The zero-order chi connectivity index (χ0) is 20.4. The van der Waals surface area contributed by atoms with Crippen molar-refractivity contribution in [2.45, 2.75) is 51.0 Å². The minimum Gasteiger partial charge on any atom is -0.497 e. The summed E-state index contributed by atoms with van der Waals surface area (Å²) in [5.74, 6) is 0.921. The Morgan fingerprint density at radius 3 is 2.21 bits per heavy atom. The standard InChI is InChI=1S/C24H30N2O3/c1-17-15-26(16-18(2)29-17)24(12-20-6-4-5-7-21(20)13-24)23(27)25-14-19-8-10-22(28-3)11-9-19/h4-11,17-18H,12-16H2,1-3H3,(H,25,27)/t17-,18+. The number of hydrogen-bond donors (Lipinski definition) is 1. The van der Waals surface area contributed by atoms with Crippen LogP contribution < -0.4 is 10.1 Å². The number of carbonyl (C=O) groups is 1. The fourth-order valence-corrected chi connectivity index (χ4v) is 4.74. The molecule has 1 heterocycles. The molecule has 0 aromatic heterocycles. The first-order chi connectivity index (χ1) is 14.0. The van der Waals surface area contributed by atoms with Crippen LogP contribution in [-0.4, -0.2) is 48.8 Å². The molecule has 2 aromatic rings. The van der Waals surface area contributed by atoms with E-state index in [4.69, 9.17) is 9.47 Å². The van der Waals surface area contributed by atoms with E-state index in [0.29, 0.717) is 6.54 Å². The van der Waals surface area contributed by atoms with E-state index in [1.165, 1.54) is 11.1 Å². The SMILES string of the molecule is COc1ccc(CNC(=O)C2(N3C[C@@H](C)O[C@@H](C)C3)Cc3ccccc3C2)cc1. The van der Waals surface area contributed by atoms with Crippen LogP contribution in [0.4, 0.5) is 0 Å². The van der Waals surface area contributed by atoms with Crippen molar-refractivity contribution in [1.29, 1.82) is 0 Å². The summed E-state index contributed by atoms with van der Waals surface area (Å²) in [5.41, 5.74) is 3.06. The summed E-state index contributed by atoms with van der Waals surface area (Å²) in [6, 6.07) is 16.3. The third kappa shape index (κ3) is 4.02. The van der Waals surface area contributed by atoms with Crippen LogP contribution in [0, 0.1) is 0 Å². The van der Waals surface area contributed by atoms with Gasteiger partial charge in [0.25, 0.3) is 0 Å². The van der Waals surface area contributed by atoms with Gasteiger partial charge in [0.15, 0.2) is 0 Å². The highest BCUT2D eigenvalue weighted by Gasteiger charge is 2.49. The first kappa shape index (κ1) is 19.9. The molecule has 2 atom stereocenters. The van der Waals surface area contributed by atoms with Gasteiger partial charge in [-0.1, -0.05) is 36.4 Å². The van der Waals surface area contributed by atoms with Gasteiger partial charge in [-0.2, -0.15) is 0 Å². The maximum absolute atomic E-state index is 13.6. The van der Waals surface area contributed by atoms with E-state index >= 15 is 0 Å². The lowest BCUT2D eigenvalue weighted by Gasteiger charge is -2.45. The molecule has 1 aliphatic heterocycles. The van der Waals surface area contributed by atoms with E-state index in [2.05, 4.69) is 48.3 Å². The Kier molecular flexibility index (Phi) is 5.61. The molecule has 0 radical (unpaired) electrons. The number of ether oxygens (including phenoxy) is 2. The van der Waals surface area contributed by atoms with Gasteiger partial charge in [-0.25, -0.2) is 0 Å². The highest BCUT2D eigenvalue weighted by Crippen LogP contribution is 2.37. The number of morpholine rings is 1. The Bertz CT molecular complexity index is 830. The van der Waals surface area contributed by atoms with Gasteiger partial charge in [0.1, 0.15) is 11.3 Å². The molecule has 5 heteroatoms. The molecule has 1 amide bonds. The molecule has 29 heavy (non-hydrogen) atoms. The zero-order valence-corrected chi connectivity index (χ0v) is 17.5. The summed E-state index contributed by atoms with van der Waals surface area (Å²) in [5, 5.41) is 3.22. The quantitative estimate of drug-likeness (QED) is 0.847. The fraction of sp³-hybridized carbons (Fsp3) is 0.458. The smallest absolute Gasteiger partial charge is 0.241 e. The predicted octanol–water partition coefficient (Wildman–Crippen LogP) is 2.96. The molecule has 4 rings (SSSR count). The lowest BCUT2D eigenvalue weighted by atomic mass is 9.90. The summed E-state index contributed by atoms with van der Waals surface area (Å²) >= 11 is 0. The van der Waals surface area contributed by atoms with Crippen LogP contribution in [-0.2, 0) is 28.9 Å². The summed E-state index contributed by atoms with van der Waals surface area (Å²) in [7, 11) is 1.66. The number of benzene rings is 2. The van der Waals surface area contributed by atoms with Crippen LogP contribution in [0.3, 0.4) is 0 Å². The van der Waals surface area contributed by atoms with Crippen LogP contribution in [0.15, 0.2) is 48.5 Å². The van der Waals surface area contributed by atoms with Crippen LogP contribution in [0.5, 0.6) is 5.75 Å². The molecule has 0 saturated carbocycles. The van der Waals surface area contributed by atoms with Crippen molar-refractivity contribution in [3.8, 4) is 5.75 Å². The molecule has 0 spiro atoms. The van der Waals surface area contributed by atoms with Crippen molar-refractivity contribution in [1.82, 2.24) is 10.2 Å². The molecule has 154 valence electrons. The van der Waals surface area contributed by atoms with Gasteiger partial charge in [-0.3, -0.25) is 9.69 Å². The van der Waals surface area contributed by atoms with Gasteiger partial charge < -0.3 is 14.8 Å². The maximum atomic E-state index is 13.6. The van der Waals surface area contributed by atoms with Crippen molar-refractivity contribution < 1.29 is 14.3 Å². The Morgan fingerprint density at radius 1 is 1.07 bits per heavy atom. The number of hydrogen-bond acceptors (Lipinski definition) is 4. The second-order valence-corrected chi connectivity index (χ2v) is 8.35. The zero-order valence-electron chi connectivity index (χ0n) is 17.5. The third-order valence-corrected chi connectivity index (χ3v) is 6.14. The number of fused-ring (bicyclic) bond motifs is 1. The van der Waals surface area contributed by atoms with Crippen LogP contribution in [0.25, 0.3) is 0 Å². The summed E-state index contributed by atoms with van der Waals surface area (Å²) < 4.78 is 11.2. The van der Waals surface area contributed by atoms with E-state index in [1.54, 1.807) is 7.11 Å². The Labute approximate surface area is 173 Å². The van der Waals surface area contributed by atoms with Crippen molar-refractivity contribution in [3.63, 3.8) is 0 Å². The number of amides is 1. The fourth-order valence-electron chi connectivity index (χ4n) is 4.74. The molecule has 5 nitrogen and oxygen atoms in total. The Hall–Kier alpha value is -2.37. The summed E-state index contributed by atoms with van der Waals surface area (Å²) in [6.45, 7) is 6.24. The van der Waals surface area contributed by atoms with Crippen molar-refractivity contribution in [2.24, 2.45) is 0 Å². The monoisotopic (exact) mass is 394 g/mol. The van der Waals surface area contributed by atoms with E-state index in [0.717, 1.165) is 37.2 Å². The van der Waals surface area contributed by atoms with Crippen molar-refractivity contribution in [3.05, 3.63) is 65.2 Å². The minimum absolute atomic E-state index is 0.103. The number of carbonyl (C=O) groups excluding carboxylic acids is 1. The van der Waals surface area contributed by atoms with Gasteiger partial charge >= 0.3 is 0 Å². The highest BCUT2D eigenvalue weighted by molar-refractivity contribution is 5.88. The number of methoxy groups -OCH3 is 1. The molecule has 1 saturated heterocycles. The summed E-state index contributed by atoms with van der Waals surface area (Å²) in [4.78, 5) is 16.0. The molecule has 0 unspecified atom stereocenters. The lowest BCUT2D eigenvalue weighted by Crippen LogP contribution is -2.64. The lowest BCUT2D eigenvalue weighted by molar-refractivity contribution is -0.144. The van der Waals surface area contributed by atoms with Crippen LogP contribution >= 0.6 is 0 Å². The molecular weight excluding hydrogens is 364 g/mol. The van der Waals surface area contributed by atoms with E-state index in [1.807, 2.05) is 24.3 Å². The summed E-state index contributed by atoms with van der Waals surface area (Å²) in [6.07, 6.45) is 1.73. The maximum Gasteiger partial charge on any atom is 0.241 e. The largest absolute Gasteiger partial charge is 0.497 e. The molecular formula is C24H30N2O3. The second kappa shape index (κ2) is 8.17. The van der Waals surface area contributed by atoms with Gasteiger partial charge in [-0.05, 0) is 42.7 Å². The Morgan fingerprint density at radius 2 is 1.66 bits per heavy atom. The number of nitrogens with zero attached hydrogens (tertiary/aromatic N) is 1. The average molecular weight is 395 g/mol. The highest BCUT2D eigenvalue weighted by atomic mass is 16.5.